The van der Waals surface area contributed by atoms with Crippen molar-refractivity contribution in [3.8, 4) is 0 Å². The monoisotopic (exact) mass is 273 g/mol. The minimum Gasteiger partial charge on any atom is -0.382 e. The van der Waals surface area contributed by atoms with E-state index in [0.29, 0.717) is 12.3 Å². The lowest BCUT2D eigenvalue weighted by Crippen LogP contribution is -2.43. The van der Waals surface area contributed by atoms with Gasteiger partial charge in [-0.05, 0) is 43.4 Å². The second-order valence-electron chi connectivity index (χ2n) is 5.50. The first-order valence-corrected chi connectivity index (χ1v) is 7.12. The van der Waals surface area contributed by atoms with Gasteiger partial charge in [0.25, 0.3) is 5.91 Å². The second kappa shape index (κ2) is 5.61. The van der Waals surface area contributed by atoms with Crippen LogP contribution in [0.3, 0.4) is 0 Å². The molecule has 0 N–H and O–H groups in total. The number of pyridine rings is 1. The number of likely N-dealkylation sites (tertiary alicyclic amines) is 1. The van der Waals surface area contributed by atoms with Crippen molar-refractivity contribution in [3.63, 3.8) is 0 Å². The van der Waals surface area contributed by atoms with Crippen LogP contribution in [0.2, 0.25) is 0 Å². The minimum atomic E-state index is -0.396. The average Bonchev–Trinajstić information content (AvgIpc) is 2.94. The molecule has 5 heteroatoms. The van der Waals surface area contributed by atoms with E-state index in [2.05, 4.69) is 22.3 Å². The van der Waals surface area contributed by atoms with Gasteiger partial charge in [0.1, 0.15) is 0 Å². The number of oxime groups is 1. The van der Waals surface area contributed by atoms with E-state index in [1.165, 1.54) is 5.56 Å². The van der Waals surface area contributed by atoms with Crippen molar-refractivity contribution in [1.29, 1.82) is 0 Å². The van der Waals surface area contributed by atoms with E-state index >= 15 is 0 Å². The van der Waals surface area contributed by atoms with Crippen molar-refractivity contribution in [2.75, 3.05) is 13.1 Å². The number of hydrogen-bond acceptors (Lipinski definition) is 4. The summed E-state index contributed by atoms with van der Waals surface area (Å²) in [6.07, 6.45) is 5.90. The summed E-state index contributed by atoms with van der Waals surface area (Å²) in [6, 6.07) is 4.14. The van der Waals surface area contributed by atoms with Crippen molar-refractivity contribution < 1.29 is 9.63 Å². The van der Waals surface area contributed by atoms with Crippen LogP contribution in [0.15, 0.2) is 29.7 Å². The molecule has 1 fully saturated rings. The van der Waals surface area contributed by atoms with Gasteiger partial charge in [0.15, 0.2) is 0 Å². The van der Waals surface area contributed by atoms with Gasteiger partial charge in [0.05, 0.1) is 5.71 Å². The first-order chi connectivity index (χ1) is 9.74. The standard InChI is InChI=1S/C15H19N3O2/c1-11-10-14(20-17-11)15(19)18-8-4-13(5-9-18)12-2-6-16-7-3-12/h2-3,6-7,13-14H,4-5,8-10H2,1H3. The largest absolute Gasteiger partial charge is 0.382 e. The lowest BCUT2D eigenvalue weighted by molar-refractivity contribution is -0.143. The summed E-state index contributed by atoms with van der Waals surface area (Å²) < 4.78 is 0. The Hall–Kier alpha value is -1.91. The normalized spacial score (nSPS) is 23.4. The Morgan fingerprint density at radius 2 is 2.00 bits per heavy atom. The maximum absolute atomic E-state index is 12.3. The molecule has 3 rings (SSSR count). The van der Waals surface area contributed by atoms with Gasteiger partial charge in [-0.3, -0.25) is 9.78 Å². The third-order valence-corrected chi connectivity index (χ3v) is 4.08. The van der Waals surface area contributed by atoms with Crippen LogP contribution in [0.4, 0.5) is 0 Å². The molecular weight excluding hydrogens is 254 g/mol. The quantitative estimate of drug-likeness (QED) is 0.827. The van der Waals surface area contributed by atoms with E-state index in [9.17, 15) is 4.79 Å². The van der Waals surface area contributed by atoms with E-state index in [0.717, 1.165) is 31.6 Å². The molecule has 1 aromatic heterocycles. The molecule has 0 bridgehead atoms. The van der Waals surface area contributed by atoms with E-state index in [1.807, 2.05) is 24.2 Å². The minimum absolute atomic E-state index is 0.0822. The van der Waals surface area contributed by atoms with Crippen LogP contribution in [0.1, 0.15) is 37.7 Å². The highest BCUT2D eigenvalue weighted by atomic mass is 16.6. The molecule has 0 radical (unpaired) electrons. The van der Waals surface area contributed by atoms with Crippen LogP contribution in [-0.4, -0.2) is 40.7 Å². The Labute approximate surface area is 118 Å². The van der Waals surface area contributed by atoms with Crippen LogP contribution in [-0.2, 0) is 9.63 Å². The molecule has 1 unspecified atom stereocenters. The number of nitrogens with zero attached hydrogens (tertiary/aromatic N) is 3. The fourth-order valence-corrected chi connectivity index (χ4v) is 2.90. The maximum atomic E-state index is 12.3. The summed E-state index contributed by atoms with van der Waals surface area (Å²) in [4.78, 5) is 23.4. The Bertz CT molecular complexity index is 507. The molecule has 0 aromatic carbocycles. The molecule has 2 aliphatic heterocycles. The molecule has 106 valence electrons. The highest BCUT2D eigenvalue weighted by Gasteiger charge is 2.32. The van der Waals surface area contributed by atoms with Gasteiger partial charge in [-0.15, -0.1) is 0 Å². The smallest absolute Gasteiger partial charge is 0.266 e. The topological polar surface area (TPSA) is 54.8 Å². The van der Waals surface area contributed by atoms with Gasteiger partial charge >= 0.3 is 0 Å². The van der Waals surface area contributed by atoms with Crippen LogP contribution in [0, 0.1) is 0 Å². The van der Waals surface area contributed by atoms with Crippen molar-refractivity contribution in [2.24, 2.45) is 5.16 Å². The van der Waals surface area contributed by atoms with Gasteiger partial charge < -0.3 is 9.74 Å². The van der Waals surface area contributed by atoms with Crippen molar-refractivity contribution in [3.05, 3.63) is 30.1 Å². The summed E-state index contributed by atoms with van der Waals surface area (Å²) in [6.45, 7) is 3.48. The van der Waals surface area contributed by atoms with Crippen LogP contribution in [0.25, 0.3) is 0 Å². The molecule has 1 amide bonds. The zero-order chi connectivity index (χ0) is 13.9. The summed E-state index contributed by atoms with van der Waals surface area (Å²) in [7, 11) is 0. The Morgan fingerprint density at radius 1 is 1.30 bits per heavy atom. The zero-order valence-corrected chi connectivity index (χ0v) is 11.7. The van der Waals surface area contributed by atoms with Crippen LogP contribution < -0.4 is 0 Å². The first kappa shape index (κ1) is 13.1. The Morgan fingerprint density at radius 3 is 2.60 bits per heavy atom. The fourth-order valence-electron chi connectivity index (χ4n) is 2.90. The summed E-state index contributed by atoms with van der Waals surface area (Å²) >= 11 is 0. The molecule has 0 saturated carbocycles. The number of rotatable bonds is 2. The van der Waals surface area contributed by atoms with Crippen molar-refractivity contribution in [1.82, 2.24) is 9.88 Å². The lowest BCUT2D eigenvalue weighted by Gasteiger charge is -2.33. The van der Waals surface area contributed by atoms with Gasteiger partial charge in [-0.1, -0.05) is 5.16 Å². The predicted octanol–water partition coefficient (Wildman–Crippen LogP) is 1.95. The van der Waals surface area contributed by atoms with Crippen molar-refractivity contribution in [2.45, 2.75) is 38.2 Å². The maximum Gasteiger partial charge on any atom is 0.266 e. The Kier molecular flexibility index (Phi) is 3.67. The third kappa shape index (κ3) is 2.66. The molecule has 1 aromatic rings. The SMILES string of the molecule is CC1=NOC(C(=O)N2CCC(c3ccncc3)CC2)C1. The highest BCUT2D eigenvalue weighted by Crippen LogP contribution is 2.28. The number of aromatic nitrogens is 1. The molecule has 1 saturated heterocycles. The summed E-state index contributed by atoms with van der Waals surface area (Å²) in [5, 5.41) is 3.86. The third-order valence-electron chi connectivity index (χ3n) is 4.08. The molecule has 3 heterocycles. The molecule has 20 heavy (non-hydrogen) atoms. The molecule has 0 spiro atoms. The number of carbonyl (C=O) groups excluding carboxylic acids is 1. The second-order valence-corrected chi connectivity index (χ2v) is 5.50. The molecule has 1 atom stereocenters. The number of amides is 1. The van der Waals surface area contributed by atoms with Gasteiger partial charge in [-0.2, -0.15) is 0 Å². The predicted molar refractivity (Wildman–Crippen MR) is 75.4 cm³/mol. The first-order valence-electron chi connectivity index (χ1n) is 7.12. The number of piperidine rings is 1. The van der Waals surface area contributed by atoms with E-state index in [4.69, 9.17) is 4.84 Å². The molecular formula is C15H19N3O2. The lowest BCUT2D eigenvalue weighted by atomic mass is 9.90. The van der Waals surface area contributed by atoms with E-state index in [-0.39, 0.29) is 5.91 Å². The molecule has 5 nitrogen and oxygen atoms in total. The van der Waals surface area contributed by atoms with Gasteiger partial charge in [-0.25, -0.2) is 0 Å². The van der Waals surface area contributed by atoms with Crippen LogP contribution in [0.5, 0.6) is 0 Å². The summed E-state index contributed by atoms with van der Waals surface area (Å²) in [5.41, 5.74) is 2.22. The zero-order valence-electron chi connectivity index (χ0n) is 11.7. The molecule has 0 aliphatic carbocycles. The Balaban J connectivity index is 1.55. The van der Waals surface area contributed by atoms with E-state index < -0.39 is 6.10 Å². The van der Waals surface area contributed by atoms with Crippen LogP contribution >= 0.6 is 0 Å². The highest BCUT2D eigenvalue weighted by molar-refractivity contribution is 5.91. The van der Waals surface area contributed by atoms with Gasteiger partial charge in [0.2, 0.25) is 6.10 Å². The average molecular weight is 273 g/mol. The van der Waals surface area contributed by atoms with E-state index in [1.54, 1.807) is 0 Å². The molecule has 2 aliphatic rings. The summed E-state index contributed by atoms with van der Waals surface area (Å²) in [5.74, 6) is 0.614. The van der Waals surface area contributed by atoms with Crippen molar-refractivity contribution >= 4 is 11.6 Å². The van der Waals surface area contributed by atoms with Gasteiger partial charge in [0, 0.05) is 31.9 Å². The number of hydrogen-bond donors (Lipinski definition) is 0. The fraction of sp³-hybridized carbons (Fsp3) is 0.533. The number of carbonyl (C=O) groups is 1.